The summed E-state index contributed by atoms with van der Waals surface area (Å²) in [6, 6.07) is 12.6. The molecular formula is C16H11BrFN. The predicted molar refractivity (Wildman–Crippen MR) is 79.6 cm³/mol. The molecule has 3 aromatic rings. The number of fused-ring (bicyclic) bond motifs is 1. The van der Waals surface area contributed by atoms with Gasteiger partial charge in [0.25, 0.3) is 0 Å². The molecule has 0 bridgehead atoms. The number of aryl methyl sites for hydroxylation is 1. The zero-order chi connectivity index (χ0) is 13.4. The first-order chi connectivity index (χ1) is 9.15. The molecule has 0 N–H and O–H groups in total. The summed E-state index contributed by atoms with van der Waals surface area (Å²) in [5.74, 6) is -0.226. The lowest BCUT2D eigenvalue weighted by atomic mass is 9.99. The van der Waals surface area contributed by atoms with E-state index < -0.39 is 0 Å². The highest BCUT2D eigenvalue weighted by atomic mass is 79.9. The topological polar surface area (TPSA) is 12.9 Å². The van der Waals surface area contributed by atoms with E-state index in [1.165, 1.54) is 12.1 Å². The van der Waals surface area contributed by atoms with Crippen molar-refractivity contribution in [3.63, 3.8) is 0 Å². The van der Waals surface area contributed by atoms with Crippen LogP contribution in [-0.4, -0.2) is 4.98 Å². The number of rotatable bonds is 1. The Bertz CT molecular complexity index is 751. The van der Waals surface area contributed by atoms with Crippen molar-refractivity contribution in [1.82, 2.24) is 4.98 Å². The maximum absolute atomic E-state index is 13.0. The summed E-state index contributed by atoms with van der Waals surface area (Å²) in [5.41, 5.74) is 2.98. The lowest BCUT2D eigenvalue weighted by Gasteiger charge is -2.09. The second-order valence-corrected chi connectivity index (χ2v) is 5.37. The van der Waals surface area contributed by atoms with Gasteiger partial charge in [0.1, 0.15) is 5.82 Å². The van der Waals surface area contributed by atoms with Gasteiger partial charge in [0.15, 0.2) is 0 Å². The number of hydrogen-bond acceptors (Lipinski definition) is 1. The highest BCUT2D eigenvalue weighted by molar-refractivity contribution is 9.10. The molecule has 3 rings (SSSR count). The van der Waals surface area contributed by atoms with Crippen LogP contribution in [0.1, 0.15) is 5.69 Å². The van der Waals surface area contributed by atoms with Crippen molar-refractivity contribution in [3.05, 3.63) is 64.6 Å². The van der Waals surface area contributed by atoms with Crippen LogP contribution in [0.3, 0.4) is 0 Å². The van der Waals surface area contributed by atoms with Crippen LogP contribution < -0.4 is 0 Å². The summed E-state index contributed by atoms with van der Waals surface area (Å²) in [5, 5.41) is 2.23. The number of halogens is 2. The highest BCUT2D eigenvalue weighted by Crippen LogP contribution is 2.31. The number of hydrogen-bond donors (Lipinski definition) is 0. The molecule has 19 heavy (non-hydrogen) atoms. The quantitative estimate of drug-likeness (QED) is 0.608. The van der Waals surface area contributed by atoms with Gasteiger partial charge in [0, 0.05) is 27.3 Å². The molecule has 0 fully saturated rings. The standard InChI is InChI=1S/C16H11BrFN/c1-10-15-8-12(17)4-7-14(15)16(9-19-10)11-2-5-13(18)6-3-11/h2-9H,1H3. The predicted octanol–water partition coefficient (Wildman–Crippen LogP) is 5.11. The van der Waals surface area contributed by atoms with E-state index in [1.807, 2.05) is 19.2 Å². The van der Waals surface area contributed by atoms with Crippen LogP contribution in [0.5, 0.6) is 0 Å². The molecule has 0 atom stereocenters. The van der Waals surface area contributed by atoms with E-state index in [9.17, 15) is 4.39 Å². The number of nitrogens with zero attached hydrogens (tertiary/aromatic N) is 1. The van der Waals surface area contributed by atoms with E-state index >= 15 is 0 Å². The monoisotopic (exact) mass is 315 g/mol. The minimum absolute atomic E-state index is 0.226. The Labute approximate surface area is 119 Å². The van der Waals surface area contributed by atoms with Gasteiger partial charge in [-0.25, -0.2) is 4.39 Å². The third kappa shape index (κ3) is 2.26. The van der Waals surface area contributed by atoms with Gasteiger partial charge in [-0.05, 0) is 42.1 Å². The Kier molecular flexibility index (Phi) is 3.07. The first-order valence-corrected chi connectivity index (χ1v) is 6.75. The van der Waals surface area contributed by atoms with Gasteiger partial charge < -0.3 is 0 Å². The fourth-order valence-corrected chi connectivity index (χ4v) is 2.57. The summed E-state index contributed by atoms with van der Waals surface area (Å²) in [6.45, 7) is 1.99. The number of pyridine rings is 1. The van der Waals surface area contributed by atoms with E-state index in [4.69, 9.17) is 0 Å². The van der Waals surface area contributed by atoms with Gasteiger partial charge in [-0.1, -0.05) is 34.1 Å². The Hall–Kier alpha value is -1.74. The lowest BCUT2D eigenvalue weighted by molar-refractivity contribution is 0.628. The maximum Gasteiger partial charge on any atom is 0.123 e. The first-order valence-electron chi connectivity index (χ1n) is 5.96. The molecule has 0 saturated carbocycles. The van der Waals surface area contributed by atoms with Crippen LogP contribution in [0.15, 0.2) is 53.1 Å². The largest absolute Gasteiger partial charge is 0.260 e. The van der Waals surface area contributed by atoms with Crippen molar-refractivity contribution in [3.8, 4) is 11.1 Å². The SMILES string of the molecule is Cc1ncc(-c2ccc(F)cc2)c2ccc(Br)cc12. The molecule has 1 heterocycles. The van der Waals surface area contributed by atoms with Crippen LogP contribution in [-0.2, 0) is 0 Å². The van der Waals surface area contributed by atoms with Gasteiger partial charge in [0.05, 0.1) is 0 Å². The van der Waals surface area contributed by atoms with E-state index in [0.29, 0.717) is 0 Å². The molecule has 0 spiro atoms. The third-order valence-electron chi connectivity index (χ3n) is 3.20. The number of benzene rings is 2. The zero-order valence-electron chi connectivity index (χ0n) is 10.3. The molecule has 0 unspecified atom stereocenters. The maximum atomic E-state index is 13.0. The lowest BCUT2D eigenvalue weighted by Crippen LogP contribution is -1.89. The molecular weight excluding hydrogens is 305 g/mol. The smallest absolute Gasteiger partial charge is 0.123 e. The zero-order valence-corrected chi connectivity index (χ0v) is 11.9. The average molecular weight is 316 g/mol. The van der Waals surface area contributed by atoms with Crippen molar-refractivity contribution in [2.24, 2.45) is 0 Å². The van der Waals surface area contributed by atoms with E-state index in [-0.39, 0.29) is 5.82 Å². The summed E-state index contributed by atoms with van der Waals surface area (Å²) in [6.07, 6.45) is 1.85. The summed E-state index contributed by atoms with van der Waals surface area (Å²) >= 11 is 3.48. The average Bonchev–Trinajstić information content (AvgIpc) is 2.41. The fraction of sp³-hybridized carbons (Fsp3) is 0.0625. The van der Waals surface area contributed by atoms with Gasteiger partial charge in [-0.15, -0.1) is 0 Å². The molecule has 0 aliphatic heterocycles. The molecule has 0 amide bonds. The van der Waals surface area contributed by atoms with E-state index in [0.717, 1.165) is 32.1 Å². The Morgan fingerprint density at radius 2 is 1.74 bits per heavy atom. The first kappa shape index (κ1) is 12.3. The van der Waals surface area contributed by atoms with Crippen molar-refractivity contribution in [2.75, 3.05) is 0 Å². The summed E-state index contributed by atoms with van der Waals surface area (Å²) in [4.78, 5) is 4.43. The molecule has 94 valence electrons. The molecule has 1 nitrogen and oxygen atoms in total. The Balaban J connectivity index is 2.30. The summed E-state index contributed by atoms with van der Waals surface area (Å²) in [7, 11) is 0. The fourth-order valence-electron chi connectivity index (χ4n) is 2.21. The van der Waals surface area contributed by atoms with E-state index in [2.05, 4.69) is 33.0 Å². The molecule has 0 saturated heterocycles. The second-order valence-electron chi connectivity index (χ2n) is 4.45. The minimum atomic E-state index is -0.226. The van der Waals surface area contributed by atoms with Crippen molar-refractivity contribution in [2.45, 2.75) is 6.92 Å². The van der Waals surface area contributed by atoms with Crippen LogP contribution in [0.25, 0.3) is 21.9 Å². The van der Waals surface area contributed by atoms with Gasteiger partial charge in [0.2, 0.25) is 0 Å². The van der Waals surface area contributed by atoms with Gasteiger partial charge in [-0.3, -0.25) is 4.98 Å². The van der Waals surface area contributed by atoms with Crippen molar-refractivity contribution < 1.29 is 4.39 Å². The highest BCUT2D eigenvalue weighted by Gasteiger charge is 2.07. The number of aromatic nitrogens is 1. The molecule has 2 aromatic carbocycles. The van der Waals surface area contributed by atoms with Crippen molar-refractivity contribution in [1.29, 1.82) is 0 Å². The second kappa shape index (κ2) is 4.74. The molecule has 3 heteroatoms. The van der Waals surface area contributed by atoms with Crippen LogP contribution >= 0.6 is 15.9 Å². The van der Waals surface area contributed by atoms with Crippen molar-refractivity contribution >= 4 is 26.7 Å². The normalized spacial score (nSPS) is 10.9. The molecule has 1 aromatic heterocycles. The molecule has 0 aliphatic carbocycles. The summed E-state index contributed by atoms with van der Waals surface area (Å²) < 4.78 is 14.0. The van der Waals surface area contributed by atoms with E-state index in [1.54, 1.807) is 12.1 Å². The third-order valence-corrected chi connectivity index (χ3v) is 3.70. The Morgan fingerprint density at radius 3 is 2.47 bits per heavy atom. The molecule has 0 aliphatic rings. The van der Waals surface area contributed by atoms with Crippen LogP contribution in [0.4, 0.5) is 4.39 Å². The minimum Gasteiger partial charge on any atom is -0.260 e. The van der Waals surface area contributed by atoms with Gasteiger partial charge in [-0.2, -0.15) is 0 Å². The Morgan fingerprint density at radius 1 is 1.00 bits per heavy atom. The van der Waals surface area contributed by atoms with Crippen LogP contribution in [0.2, 0.25) is 0 Å². The molecule has 0 radical (unpaired) electrons. The van der Waals surface area contributed by atoms with Crippen LogP contribution in [0, 0.1) is 12.7 Å². The van der Waals surface area contributed by atoms with Gasteiger partial charge >= 0.3 is 0 Å².